The molecule has 0 unspecified atom stereocenters. The second-order valence-corrected chi connectivity index (χ2v) is 7.77. The second-order valence-electron chi connectivity index (χ2n) is 5.51. The SMILES string of the molecule is CS(=O)(=O)CCC(=O)Nc1cc(F)ccc1OC[C@H]1CCCO1. The molecule has 1 amide bonds. The molecule has 0 aromatic heterocycles. The van der Waals surface area contributed by atoms with E-state index in [2.05, 4.69) is 5.32 Å². The summed E-state index contributed by atoms with van der Waals surface area (Å²) in [5.74, 6) is -0.967. The minimum absolute atomic E-state index is 0.00570. The molecule has 0 spiro atoms. The van der Waals surface area contributed by atoms with Crippen LogP contribution >= 0.6 is 0 Å². The molecule has 0 aliphatic carbocycles. The van der Waals surface area contributed by atoms with Gasteiger partial charge >= 0.3 is 0 Å². The molecule has 6 nitrogen and oxygen atoms in total. The Hall–Kier alpha value is -1.67. The van der Waals surface area contributed by atoms with E-state index in [1.807, 2.05) is 0 Å². The van der Waals surface area contributed by atoms with Gasteiger partial charge < -0.3 is 14.8 Å². The van der Waals surface area contributed by atoms with Gasteiger partial charge in [-0.05, 0) is 25.0 Å². The van der Waals surface area contributed by atoms with Gasteiger partial charge in [-0.3, -0.25) is 4.79 Å². The van der Waals surface area contributed by atoms with Crippen LogP contribution in [-0.2, 0) is 19.4 Å². The van der Waals surface area contributed by atoms with Crippen LogP contribution in [0.2, 0.25) is 0 Å². The molecule has 0 saturated carbocycles. The van der Waals surface area contributed by atoms with Gasteiger partial charge in [0.05, 0.1) is 17.5 Å². The standard InChI is InChI=1S/C15H20FNO5S/c1-23(19,20)8-6-15(18)17-13-9-11(16)4-5-14(13)22-10-12-3-2-7-21-12/h4-5,9,12H,2-3,6-8,10H2,1H3,(H,17,18)/t12-/m1/s1. The number of carbonyl (C=O) groups excluding carboxylic acids is 1. The van der Waals surface area contributed by atoms with Gasteiger partial charge in [-0.15, -0.1) is 0 Å². The predicted octanol–water partition coefficient (Wildman–Crippen LogP) is 1.76. The van der Waals surface area contributed by atoms with Crippen molar-refractivity contribution in [3.05, 3.63) is 24.0 Å². The zero-order valence-corrected chi connectivity index (χ0v) is 13.7. The lowest BCUT2D eigenvalue weighted by atomic mass is 10.2. The van der Waals surface area contributed by atoms with Crippen LogP contribution in [0.4, 0.5) is 10.1 Å². The summed E-state index contributed by atoms with van der Waals surface area (Å²) in [6.07, 6.45) is 2.73. The Balaban J connectivity index is 1.98. The van der Waals surface area contributed by atoms with Crippen molar-refractivity contribution in [2.24, 2.45) is 0 Å². The van der Waals surface area contributed by atoms with Crippen molar-refractivity contribution >= 4 is 21.4 Å². The summed E-state index contributed by atoms with van der Waals surface area (Å²) in [6.45, 7) is 1.02. The van der Waals surface area contributed by atoms with Crippen LogP contribution in [0.15, 0.2) is 18.2 Å². The van der Waals surface area contributed by atoms with Crippen LogP contribution in [0.1, 0.15) is 19.3 Å². The third kappa shape index (κ3) is 6.15. The highest BCUT2D eigenvalue weighted by Crippen LogP contribution is 2.26. The number of benzene rings is 1. The zero-order chi connectivity index (χ0) is 16.9. The van der Waals surface area contributed by atoms with E-state index in [9.17, 15) is 17.6 Å². The number of carbonyl (C=O) groups is 1. The normalized spacial score (nSPS) is 17.9. The molecule has 1 N–H and O–H groups in total. The van der Waals surface area contributed by atoms with E-state index in [0.29, 0.717) is 19.0 Å². The Labute approximate surface area is 134 Å². The maximum absolute atomic E-state index is 13.4. The number of anilines is 1. The fraction of sp³-hybridized carbons (Fsp3) is 0.533. The Morgan fingerprint density at radius 1 is 1.48 bits per heavy atom. The Bertz CT molecular complexity index is 656. The van der Waals surface area contributed by atoms with Gasteiger partial charge in [0.2, 0.25) is 5.91 Å². The molecule has 128 valence electrons. The van der Waals surface area contributed by atoms with Gasteiger partial charge in [0, 0.05) is 25.3 Å². The lowest BCUT2D eigenvalue weighted by Gasteiger charge is -2.15. The van der Waals surface area contributed by atoms with Gasteiger partial charge in [0.15, 0.2) is 0 Å². The molecular formula is C15H20FNO5S. The molecule has 1 fully saturated rings. The minimum Gasteiger partial charge on any atom is -0.489 e. The van der Waals surface area contributed by atoms with Crippen molar-refractivity contribution in [3.63, 3.8) is 0 Å². The van der Waals surface area contributed by atoms with E-state index >= 15 is 0 Å². The molecule has 1 saturated heterocycles. The lowest BCUT2D eigenvalue weighted by molar-refractivity contribution is -0.115. The van der Waals surface area contributed by atoms with Gasteiger partial charge in [-0.25, -0.2) is 12.8 Å². The molecular weight excluding hydrogens is 325 g/mol. The Morgan fingerprint density at radius 2 is 2.26 bits per heavy atom. The molecule has 1 aromatic carbocycles. The number of hydrogen-bond acceptors (Lipinski definition) is 5. The molecule has 8 heteroatoms. The average Bonchev–Trinajstić information content (AvgIpc) is 2.97. The molecule has 1 atom stereocenters. The smallest absolute Gasteiger partial charge is 0.225 e. The van der Waals surface area contributed by atoms with Crippen LogP contribution in [-0.4, -0.2) is 45.7 Å². The van der Waals surface area contributed by atoms with Crippen molar-refractivity contribution < 1.29 is 27.1 Å². The molecule has 1 aromatic rings. The number of halogens is 1. The van der Waals surface area contributed by atoms with Crippen LogP contribution in [0.3, 0.4) is 0 Å². The first-order chi connectivity index (χ1) is 10.8. The number of nitrogens with one attached hydrogen (secondary N) is 1. The van der Waals surface area contributed by atoms with Crippen molar-refractivity contribution in [2.45, 2.75) is 25.4 Å². The summed E-state index contributed by atoms with van der Waals surface area (Å²) >= 11 is 0. The van der Waals surface area contributed by atoms with Gasteiger partial charge in [-0.1, -0.05) is 0 Å². The highest BCUT2D eigenvalue weighted by Gasteiger charge is 2.18. The maximum atomic E-state index is 13.4. The average molecular weight is 345 g/mol. The summed E-state index contributed by atoms with van der Waals surface area (Å²) in [4.78, 5) is 11.8. The first kappa shape index (κ1) is 17.7. The van der Waals surface area contributed by atoms with Crippen molar-refractivity contribution in [2.75, 3.05) is 30.5 Å². The number of sulfone groups is 1. The third-order valence-electron chi connectivity index (χ3n) is 3.36. The molecule has 2 rings (SSSR count). The molecule has 0 radical (unpaired) electrons. The summed E-state index contributed by atoms with van der Waals surface area (Å²) in [6, 6.07) is 3.80. The maximum Gasteiger partial charge on any atom is 0.225 e. The van der Waals surface area contributed by atoms with Crippen LogP contribution in [0.25, 0.3) is 0 Å². The van der Waals surface area contributed by atoms with Crippen LogP contribution in [0.5, 0.6) is 5.75 Å². The fourth-order valence-electron chi connectivity index (χ4n) is 2.18. The third-order valence-corrected chi connectivity index (χ3v) is 4.31. The van der Waals surface area contributed by atoms with Crippen molar-refractivity contribution in [1.29, 1.82) is 0 Å². The molecule has 1 heterocycles. The highest BCUT2D eigenvalue weighted by molar-refractivity contribution is 7.90. The second kappa shape index (κ2) is 7.74. The van der Waals surface area contributed by atoms with E-state index < -0.39 is 21.6 Å². The van der Waals surface area contributed by atoms with Crippen molar-refractivity contribution in [1.82, 2.24) is 0 Å². The largest absolute Gasteiger partial charge is 0.489 e. The number of rotatable bonds is 7. The van der Waals surface area contributed by atoms with E-state index in [-0.39, 0.29) is 24.0 Å². The van der Waals surface area contributed by atoms with E-state index in [0.717, 1.165) is 25.2 Å². The molecule has 1 aliphatic heterocycles. The first-order valence-electron chi connectivity index (χ1n) is 7.35. The van der Waals surface area contributed by atoms with E-state index in [1.165, 1.54) is 12.1 Å². The lowest BCUT2D eigenvalue weighted by Crippen LogP contribution is -2.19. The summed E-state index contributed by atoms with van der Waals surface area (Å²) in [7, 11) is -3.23. The Morgan fingerprint density at radius 3 is 2.91 bits per heavy atom. The van der Waals surface area contributed by atoms with Crippen molar-refractivity contribution in [3.8, 4) is 5.75 Å². The van der Waals surface area contributed by atoms with Crippen LogP contribution in [0, 0.1) is 5.82 Å². The number of hydrogen-bond donors (Lipinski definition) is 1. The predicted molar refractivity (Wildman–Crippen MR) is 83.8 cm³/mol. The zero-order valence-electron chi connectivity index (χ0n) is 12.9. The highest BCUT2D eigenvalue weighted by atomic mass is 32.2. The first-order valence-corrected chi connectivity index (χ1v) is 9.41. The van der Waals surface area contributed by atoms with Gasteiger partial charge in [0.1, 0.15) is 28.0 Å². The molecule has 1 aliphatic rings. The number of ether oxygens (including phenoxy) is 2. The summed E-state index contributed by atoms with van der Waals surface area (Å²) < 4.78 is 46.6. The van der Waals surface area contributed by atoms with E-state index in [1.54, 1.807) is 0 Å². The van der Waals surface area contributed by atoms with Crippen LogP contribution < -0.4 is 10.1 Å². The number of amides is 1. The topological polar surface area (TPSA) is 81.7 Å². The minimum atomic E-state index is -3.23. The van der Waals surface area contributed by atoms with E-state index in [4.69, 9.17) is 9.47 Å². The Kier molecular flexibility index (Phi) is 5.95. The fourth-order valence-corrected chi connectivity index (χ4v) is 2.73. The summed E-state index contributed by atoms with van der Waals surface area (Å²) in [5.41, 5.74) is 0.182. The molecule has 0 bridgehead atoms. The quantitative estimate of drug-likeness (QED) is 0.814. The monoisotopic (exact) mass is 345 g/mol. The molecule has 23 heavy (non-hydrogen) atoms. The van der Waals surface area contributed by atoms with Gasteiger partial charge in [0.25, 0.3) is 0 Å². The summed E-state index contributed by atoms with van der Waals surface area (Å²) in [5, 5.41) is 2.49. The van der Waals surface area contributed by atoms with Gasteiger partial charge in [-0.2, -0.15) is 0 Å².